The largest absolute Gasteiger partial charge is 0.469 e. The minimum absolute atomic E-state index is 0.0303. The van der Waals surface area contributed by atoms with Crippen LogP contribution in [0, 0.1) is 28.6 Å². The van der Waals surface area contributed by atoms with E-state index >= 15 is 0 Å². The summed E-state index contributed by atoms with van der Waals surface area (Å²) in [6.07, 6.45) is 7.61. The smallest absolute Gasteiger partial charge is 0.309 e. The Balaban J connectivity index is 1.49. The zero-order chi connectivity index (χ0) is 21.1. The Labute approximate surface area is 176 Å². The molecule has 2 heterocycles. The van der Waals surface area contributed by atoms with E-state index in [1.807, 2.05) is 0 Å². The van der Waals surface area contributed by atoms with Gasteiger partial charge in [0.25, 0.3) is 0 Å². The molecule has 0 aromatic heterocycles. The second-order valence-electron chi connectivity index (χ2n) is 11.0. The predicted molar refractivity (Wildman–Crippen MR) is 105 cm³/mol. The SMILES string of the molecule is COC(=O)C1CC2=CC(=O)CC[C@@]2(C)C23OC2C[C@]2(C)C(CC[C@]24CCC(=O)O4)C13. The van der Waals surface area contributed by atoms with Gasteiger partial charge in [-0.25, -0.2) is 0 Å². The first-order chi connectivity index (χ1) is 14.2. The maximum atomic E-state index is 13.0. The predicted octanol–water partition coefficient (Wildman–Crippen LogP) is 3.12. The Morgan fingerprint density at radius 1 is 1.17 bits per heavy atom. The molecule has 2 aliphatic heterocycles. The van der Waals surface area contributed by atoms with Gasteiger partial charge in [0.2, 0.25) is 0 Å². The molecule has 0 radical (unpaired) electrons. The molecule has 0 aromatic rings. The van der Waals surface area contributed by atoms with Gasteiger partial charge in [0.15, 0.2) is 5.78 Å². The van der Waals surface area contributed by atoms with Gasteiger partial charge in [0.05, 0.1) is 19.1 Å². The third-order valence-electron chi connectivity index (χ3n) is 10.2. The number of hydrogen-bond donors (Lipinski definition) is 0. The highest BCUT2D eigenvalue weighted by Crippen LogP contribution is 2.78. The summed E-state index contributed by atoms with van der Waals surface area (Å²) in [6.45, 7) is 4.51. The van der Waals surface area contributed by atoms with Crippen LogP contribution in [-0.4, -0.2) is 42.1 Å². The fourth-order valence-corrected chi connectivity index (χ4v) is 8.69. The number of esters is 2. The molecule has 4 aliphatic carbocycles. The molecule has 0 amide bonds. The molecule has 2 saturated heterocycles. The van der Waals surface area contributed by atoms with E-state index in [0.29, 0.717) is 19.3 Å². The Morgan fingerprint density at radius 2 is 1.97 bits per heavy atom. The van der Waals surface area contributed by atoms with Crippen LogP contribution in [-0.2, 0) is 28.6 Å². The van der Waals surface area contributed by atoms with Crippen LogP contribution >= 0.6 is 0 Å². The molecule has 8 atom stereocenters. The number of carbonyl (C=O) groups is 3. The number of carbonyl (C=O) groups excluding carboxylic acids is 3. The molecule has 0 N–H and O–H groups in total. The van der Waals surface area contributed by atoms with Crippen molar-refractivity contribution in [2.45, 2.75) is 82.5 Å². The van der Waals surface area contributed by atoms with Gasteiger partial charge in [-0.15, -0.1) is 0 Å². The van der Waals surface area contributed by atoms with E-state index in [2.05, 4.69) is 13.8 Å². The summed E-state index contributed by atoms with van der Waals surface area (Å²) in [7, 11) is 1.45. The third kappa shape index (κ3) is 1.94. The Morgan fingerprint density at radius 3 is 2.67 bits per heavy atom. The molecule has 0 bridgehead atoms. The third-order valence-corrected chi connectivity index (χ3v) is 10.2. The van der Waals surface area contributed by atoms with Crippen molar-refractivity contribution in [1.82, 2.24) is 0 Å². The van der Waals surface area contributed by atoms with Crippen LogP contribution in [0.15, 0.2) is 11.6 Å². The van der Waals surface area contributed by atoms with Gasteiger partial charge in [0, 0.05) is 29.6 Å². The average molecular weight is 414 g/mol. The molecular weight excluding hydrogens is 384 g/mol. The van der Waals surface area contributed by atoms with Crippen molar-refractivity contribution in [1.29, 1.82) is 0 Å². The summed E-state index contributed by atoms with van der Waals surface area (Å²) in [5.41, 5.74) is -0.175. The second-order valence-corrected chi connectivity index (χ2v) is 11.0. The lowest BCUT2D eigenvalue weighted by Gasteiger charge is -2.58. The molecule has 2 spiro atoms. The van der Waals surface area contributed by atoms with Gasteiger partial charge in [-0.05, 0) is 50.5 Å². The number of epoxide rings is 1. The van der Waals surface area contributed by atoms with Gasteiger partial charge >= 0.3 is 11.9 Å². The number of fused-ring (bicyclic) bond motifs is 4. The minimum Gasteiger partial charge on any atom is -0.469 e. The van der Waals surface area contributed by atoms with Gasteiger partial charge < -0.3 is 14.2 Å². The van der Waals surface area contributed by atoms with Crippen molar-refractivity contribution in [2.75, 3.05) is 7.11 Å². The summed E-state index contributed by atoms with van der Waals surface area (Å²) in [4.78, 5) is 37.4. The molecule has 5 fully saturated rings. The lowest BCUT2D eigenvalue weighted by atomic mass is 9.43. The molecular formula is C24H30O6. The quantitative estimate of drug-likeness (QED) is 0.484. The Kier molecular flexibility index (Phi) is 3.53. The molecule has 6 heteroatoms. The number of hydrogen-bond acceptors (Lipinski definition) is 6. The van der Waals surface area contributed by atoms with Crippen LogP contribution in [0.3, 0.4) is 0 Å². The summed E-state index contributed by atoms with van der Waals surface area (Å²) in [6, 6.07) is 0. The van der Waals surface area contributed by atoms with E-state index < -0.39 is 11.2 Å². The van der Waals surface area contributed by atoms with Crippen LogP contribution in [0.25, 0.3) is 0 Å². The van der Waals surface area contributed by atoms with Crippen LogP contribution in [0.2, 0.25) is 0 Å². The normalized spacial score (nSPS) is 53.2. The molecule has 162 valence electrons. The first-order valence-electron chi connectivity index (χ1n) is 11.4. The topological polar surface area (TPSA) is 82.2 Å². The molecule has 0 aromatic carbocycles. The van der Waals surface area contributed by atoms with E-state index in [1.54, 1.807) is 6.08 Å². The highest BCUT2D eigenvalue weighted by Gasteiger charge is 2.83. The Hall–Kier alpha value is -1.69. The number of ether oxygens (including phenoxy) is 3. The van der Waals surface area contributed by atoms with E-state index in [1.165, 1.54) is 7.11 Å². The molecule has 6 aliphatic rings. The van der Waals surface area contributed by atoms with Gasteiger partial charge in [-0.1, -0.05) is 19.4 Å². The van der Waals surface area contributed by atoms with Crippen LogP contribution < -0.4 is 0 Å². The monoisotopic (exact) mass is 414 g/mol. The Bertz CT molecular complexity index is 907. The number of methoxy groups -OCH3 is 1. The average Bonchev–Trinajstić information content (AvgIpc) is 3.20. The fraction of sp³-hybridized carbons (Fsp3) is 0.792. The first-order valence-corrected chi connectivity index (χ1v) is 11.4. The number of rotatable bonds is 1. The van der Waals surface area contributed by atoms with Gasteiger partial charge in [-0.2, -0.15) is 0 Å². The first kappa shape index (κ1) is 19.0. The number of ketones is 1. The lowest BCUT2D eigenvalue weighted by Crippen LogP contribution is -2.63. The summed E-state index contributed by atoms with van der Waals surface area (Å²) in [5, 5.41) is 0. The van der Waals surface area contributed by atoms with Crippen molar-refractivity contribution in [3.63, 3.8) is 0 Å². The second kappa shape index (κ2) is 5.56. The van der Waals surface area contributed by atoms with E-state index in [4.69, 9.17) is 14.2 Å². The van der Waals surface area contributed by atoms with Gasteiger partial charge in [-0.3, -0.25) is 14.4 Å². The van der Waals surface area contributed by atoms with Crippen molar-refractivity contribution >= 4 is 17.7 Å². The van der Waals surface area contributed by atoms with Crippen LogP contribution in [0.4, 0.5) is 0 Å². The van der Waals surface area contributed by atoms with Crippen LogP contribution in [0.1, 0.15) is 65.2 Å². The molecule has 3 saturated carbocycles. The van der Waals surface area contributed by atoms with Crippen LogP contribution in [0.5, 0.6) is 0 Å². The van der Waals surface area contributed by atoms with Gasteiger partial charge in [0.1, 0.15) is 11.2 Å². The van der Waals surface area contributed by atoms with E-state index in [0.717, 1.165) is 37.7 Å². The molecule has 6 rings (SSSR count). The molecule has 6 nitrogen and oxygen atoms in total. The van der Waals surface area contributed by atoms with Crippen molar-refractivity contribution < 1.29 is 28.6 Å². The van der Waals surface area contributed by atoms with E-state index in [-0.39, 0.29) is 52.4 Å². The zero-order valence-electron chi connectivity index (χ0n) is 18.0. The summed E-state index contributed by atoms with van der Waals surface area (Å²) in [5.74, 6) is -0.201. The highest BCUT2D eigenvalue weighted by atomic mass is 16.6. The lowest BCUT2D eigenvalue weighted by molar-refractivity contribution is -0.172. The van der Waals surface area contributed by atoms with E-state index in [9.17, 15) is 14.4 Å². The molecule has 30 heavy (non-hydrogen) atoms. The zero-order valence-corrected chi connectivity index (χ0v) is 18.0. The van der Waals surface area contributed by atoms with Crippen molar-refractivity contribution in [3.05, 3.63) is 11.6 Å². The summed E-state index contributed by atoms with van der Waals surface area (Å²) >= 11 is 0. The van der Waals surface area contributed by atoms with Crippen molar-refractivity contribution in [3.8, 4) is 0 Å². The standard InChI is InChI=1S/C24H30O6/c1-21-7-4-14(25)10-13(21)11-15(20(27)28-3)19-16-5-8-23(9-6-18(26)30-23)22(16,2)12-17-24(19,21)29-17/h10,15-17,19H,4-9,11-12H2,1-3H3/t15?,16?,17?,19?,21-,22-,23+,24?/m1/s1. The summed E-state index contributed by atoms with van der Waals surface area (Å²) < 4.78 is 17.9. The fourth-order valence-electron chi connectivity index (χ4n) is 8.69. The minimum atomic E-state index is -0.424. The molecule has 5 unspecified atom stereocenters. The highest BCUT2D eigenvalue weighted by molar-refractivity contribution is 5.92. The maximum Gasteiger partial charge on any atom is 0.309 e. The maximum absolute atomic E-state index is 13.0. The van der Waals surface area contributed by atoms with Crippen molar-refractivity contribution in [2.24, 2.45) is 28.6 Å².